The number of amides is 1. The number of nitrogens with zero attached hydrogens (tertiary/aromatic N) is 1. The van der Waals surface area contributed by atoms with Gasteiger partial charge in [0.15, 0.2) is 4.33 Å². The Kier molecular flexibility index (Phi) is 5.16. The molecule has 4 atom stereocenters. The van der Waals surface area contributed by atoms with Gasteiger partial charge >= 0.3 is 5.97 Å². The average Bonchev–Trinajstić information content (AvgIpc) is 2.81. The largest absolute Gasteiger partial charge is 0.481 e. The third-order valence-corrected chi connectivity index (χ3v) is 9.27. The van der Waals surface area contributed by atoms with E-state index in [1.165, 1.54) is 19.2 Å². The zero-order chi connectivity index (χ0) is 20.5. The van der Waals surface area contributed by atoms with Crippen LogP contribution in [0.1, 0.15) is 0 Å². The first-order valence-corrected chi connectivity index (χ1v) is 9.68. The van der Waals surface area contributed by atoms with Crippen molar-refractivity contribution < 1.29 is 19.1 Å². The van der Waals surface area contributed by atoms with Gasteiger partial charge in [0.05, 0.1) is 21.9 Å². The van der Waals surface area contributed by atoms with Gasteiger partial charge in [-0.1, -0.05) is 46.4 Å². The lowest BCUT2D eigenvalue weighted by molar-refractivity contribution is -0.146. The van der Waals surface area contributed by atoms with Crippen LogP contribution >= 0.6 is 69.6 Å². The lowest BCUT2D eigenvalue weighted by atomic mass is 9.81. The Hall–Kier alpha value is -0.430. The molecule has 11 heteroatoms. The first kappa shape index (κ1) is 21.3. The summed E-state index contributed by atoms with van der Waals surface area (Å²) >= 11 is 38.1. The predicted octanol–water partition coefficient (Wildman–Crippen LogP) is 4.95. The van der Waals surface area contributed by atoms with E-state index in [1.807, 2.05) is 0 Å². The summed E-state index contributed by atoms with van der Waals surface area (Å²) in [6, 6.07) is 4.97. The first-order chi connectivity index (χ1) is 12.3. The molecule has 1 N–H and O–H groups in total. The maximum atomic E-state index is 13.2. The van der Waals surface area contributed by atoms with Crippen LogP contribution in [-0.4, -0.2) is 38.1 Å². The number of rotatable bonds is 3. The van der Waals surface area contributed by atoms with Crippen LogP contribution in [0.25, 0.3) is 0 Å². The summed E-state index contributed by atoms with van der Waals surface area (Å²) in [4.78, 5) is 22.1. The molecule has 2 aliphatic rings. The van der Waals surface area contributed by atoms with Crippen molar-refractivity contribution in [2.75, 3.05) is 11.9 Å². The molecular weight excluding hydrogens is 486 g/mol. The molecule has 2 aliphatic carbocycles. The topological polar surface area (TPSA) is 57.6 Å². The van der Waals surface area contributed by atoms with Crippen LogP contribution in [0.4, 0.5) is 10.1 Å². The summed E-state index contributed by atoms with van der Waals surface area (Å²) in [6.45, 7) is 0. The highest BCUT2D eigenvalue weighted by Gasteiger charge is 2.85. The minimum atomic E-state index is -2.18. The second-order valence-corrected chi connectivity index (χ2v) is 9.57. The summed E-state index contributed by atoms with van der Waals surface area (Å²) in [6.07, 6.45) is 0. The molecule has 0 saturated heterocycles. The number of aliphatic carboxylic acids is 1. The van der Waals surface area contributed by atoms with Gasteiger partial charge in [0.25, 0.3) is 0 Å². The van der Waals surface area contributed by atoms with Crippen LogP contribution in [-0.2, 0) is 9.59 Å². The molecule has 0 aromatic heterocycles. The van der Waals surface area contributed by atoms with Crippen LogP contribution in [0.3, 0.4) is 0 Å². The molecule has 0 aliphatic heterocycles. The van der Waals surface area contributed by atoms with Gasteiger partial charge in [0.2, 0.25) is 5.91 Å². The number of allylic oxidation sites excluding steroid dienone is 2. The van der Waals surface area contributed by atoms with Gasteiger partial charge in [0.1, 0.15) is 15.6 Å². The van der Waals surface area contributed by atoms with Crippen molar-refractivity contribution >= 4 is 87.2 Å². The van der Waals surface area contributed by atoms with Crippen LogP contribution in [0.15, 0.2) is 34.3 Å². The van der Waals surface area contributed by atoms with E-state index >= 15 is 0 Å². The Balaban J connectivity index is 2.15. The van der Waals surface area contributed by atoms with Crippen molar-refractivity contribution in [1.29, 1.82) is 0 Å². The third-order valence-electron chi connectivity index (χ3n) is 5.01. The van der Waals surface area contributed by atoms with E-state index in [0.29, 0.717) is 0 Å². The lowest BCUT2D eigenvalue weighted by Gasteiger charge is -2.35. The molecular formula is C16H10Cl6FNO3. The average molecular weight is 496 g/mol. The van der Waals surface area contributed by atoms with Gasteiger partial charge in [-0.2, -0.15) is 0 Å². The summed E-state index contributed by atoms with van der Waals surface area (Å²) in [5.41, 5.74) is 0.290. The lowest BCUT2D eigenvalue weighted by Crippen LogP contribution is -2.50. The highest BCUT2D eigenvalue weighted by Crippen LogP contribution is 2.76. The highest BCUT2D eigenvalue weighted by molar-refractivity contribution is 6.66. The SMILES string of the molecule is CN(C(=O)[C@H]1[C@@H](C(=O)O)[C@]2(Cl)C(Cl)=C(Cl)[C@]1(Cl)C2(Cl)Cl)c1ccc(F)cc1. The van der Waals surface area contributed by atoms with Crippen LogP contribution in [0.5, 0.6) is 0 Å². The van der Waals surface area contributed by atoms with E-state index < -0.39 is 43.6 Å². The smallest absolute Gasteiger partial charge is 0.309 e. The Morgan fingerprint density at radius 2 is 1.44 bits per heavy atom. The van der Waals surface area contributed by atoms with Crippen molar-refractivity contribution in [3.05, 3.63) is 40.1 Å². The fraction of sp³-hybridized carbons (Fsp3) is 0.375. The molecule has 146 valence electrons. The van der Waals surface area contributed by atoms with Gasteiger partial charge in [0, 0.05) is 12.7 Å². The zero-order valence-electron chi connectivity index (χ0n) is 13.3. The fourth-order valence-electron chi connectivity index (χ4n) is 3.61. The molecule has 1 saturated carbocycles. The van der Waals surface area contributed by atoms with Crippen LogP contribution in [0, 0.1) is 17.7 Å². The molecule has 2 bridgehead atoms. The molecule has 4 nitrogen and oxygen atoms in total. The molecule has 1 aromatic carbocycles. The number of anilines is 1. The third kappa shape index (κ3) is 2.49. The van der Waals surface area contributed by atoms with Gasteiger partial charge in [-0.15, -0.1) is 23.2 Å². The van der Waals surface area contributed by atoms with Crippen molar-refractivity contribution in [2.24, 2.45) is 11.8 Å². The standard InChI is InChI=1S/C16H10Cl6FNO3/c1-24(7-4-2-6(23)3-5-7)12(25)8-9(13(26)27)15(20)11(18)10(17)14(8,19)16(15,21)22/h2-5,8-9H,1H3,(H,26,27)/t8-,9+,14+,15+/m1/s1. The minimum absolute atomic E-state index is 0.283. The Labute approximate surface area is 183 Å². The molecule has 0 radical (unpaired) electrons. The molecule has 1 amide bonds. The molecule has 1 aromatic rings. The summed E-state index contributed by atoms with van der Waals surface area (Å²) in [7, 11) is 1.37. The predicted molar refractivity (Wildman–Crippen MR) is 105 cm³/mol. The van der Waals surface area contributed by atoms with E-state index in [9.17, 15) is 19.1 Å². The number of carboxylic acid groups (broad SMARTS) is 1. The number of hydrogen-bond donors (Lipinski definition) is 1. The Bertz CT molecular complexity index is 875. The van der Waals surface area contributed by atoms with Gasteiger partial charge < -0.3 is 10.0 Å². The monoisotopic (exact) mass is 493 g/mol. The highest BCUT2D eigenvalue weighted by atomic mass is 35.5. The van der Waals surface area contributed by atoms with Crippen molar-refractivity contribution in [3.8, 4) is 0 Å². The number of carbonyl (C=O) groups is 2. The van der Waals surface area contributed by atoms with Gasteiger partial charge in [-0.3, -0.25) is 9.59 Å². The van der Waals surface area contributed by atoms with E-state index in [-0.39, 0.29) is 15.8 Å². The summed E-state index contributed by atoms with van der Waals surface area (Å²) in [5, 5.41) is 9.16. The number of benzene rings is 1. The quantitative estimate of drug-likeness (QED) is 0.604. The number of carbonyl (C=O) groups excluding carboxylic acids is 1. The molecule has 0 unspecified atom stereocenters. The van der Waals surface area contributed by atoms with E-state index in [4.69, 9.17) is 69.6 Å². The van der Waals surface area contributed by atoms with Crippen molar-refractivity contribution in [2.45, 2.75) is 14.1 Å². The second-order valence-electron chi connectivity index (χ2n) is 6.29. The molecule has 27 heavy (non-hydrogen) atoms. The summed E-state index contributed by atoms with van der Waals surface area (Å²) < 4.78 is 11.0. The first-order valence-electron chi connectivity index (χ1n) is 7.41. The maximum absolute atomic E-state index is 13.2. The van der Waals surface area contributed by atoms with Gasteiger partial charge in [-0.25, -0.2) is 4.39 Å². The van der Waals surface area contributed by atoms with Gasteiger partial charge in [-0.05, 0) is 24.3 Å². The fourth-order valence-corrected chi connectivity index (χ4v) is 6.54. The van der Waals surface area contributed by atoms with E-state index in [0.717, 1.165) is 17.0 Å². The number of fused-ring (bicyclic) bond motifs is 2. The maximum Gasteiger partial charge on any atom is 0.309 e. The molecule has 1 fully saturated rings. The Morgan fingerprint density at radius 3 is 1.89 bits per heavy atom. The van der Waals surface area contributed by atoms with Crippen LogP contribution < -0.4 is 4.90 Å². The Morgan fingerprint density at radius 1 is 1.00 bits per heavy atom. The number of carboxylic acids is 1. The minimum Gasteiger partial charge on any atom is -0.481 e. The zero-order valence-corrected chi connectivity index (χ0v) is 17.9. The number of alkyl halides is 4. The number of hydrogen-bond acceptors (Lipinski definition) is 2. The van der Waals surface area contributed by atoms with E-state index in [2.05, 4.69) is 0 Å². The normalized spacial score (nSPS) is 34.1. The van der Waals surface area contributed by atoms with Crippen molar-refractivity contribution in [3.63, 3.8) is 0 Å². The number of halogens is 7. The van der Waals surface area contributed by atoms with Crippen molar-refractivity contribution in [1.82, 2.24) is 0 Å². The van der Waals surface area contributed by atoms with E-state index in [1.54, 1.807) is 0 Å². The second kappa shape index (κ2) is 6.54. The summed E-state index contributed by atoms with van der Waals surface area (Å²) in [5.74, 6) is -5.92. The van der Waals surface area contributed by atoms with Crippen LogP contribution in [0.2, 0.25) is 0 Å². The molecule has 0 spiro atoms. The molecule has 0 heterocycles. The molecule has 3 rings (SSSR count).